The van der Waals surface area contributed by atoms with Crippen LogP contribution in [0.2, 0.25) is 0 Å². The molecule has 0 spiro atoms. The Labute approximate surface area is 172 Å². The SMILES string of the molecule is CCCCCCCCCCCC(CC(=O)O)OC(=O)CC(O)CCCCCC. The molecule has 0 heterocycles. The van der Waals surface area contributed by atoms with Crippen molar-refractivity contribution in [3.8, 4) is 0 Å². The van der Waals surface area contributed by atoms with E-state index in [9.17, 15) is 14.7 Å². The van der Waals surface area contributed by atoms with Gasteiger partial charge in [-0.3, -0.25) is 9.59 Å². The zero-order chi connectivity index (χ0) is 21.0. The van der Waals surface area contributed by atoms with Crippen molar-refractivity contribution in [3.05, 3.63) is 0 Å². The number of carboxylic acid groups (broad SMARTS) is 1. The summed E-state index contributed by atoms with van der Waals surface area (Å²) in [5.41, 5.74) is 0. The average Bonchev–Trinajstić information content (AvgIpc) is 2.63. The summed E-state index contributed by atoms with van der Waals surface area (Å²) in [6, 6.07) is 0. The number of carbonyl (C=O) groups excluding carboxylic acids is 1. The van der Waals surface area contributed by atoms with Crippen molar-refractivity contribution >= 4 is 11.9 Å². The molecule has 0 aromatic heterocycles. The number of esters is 1. The van der Waals surface area contributed by atoms with Gasteiger partial charge in [-0.2, -0.15) is 0 Å². The Balaban J connectivity index is 3.96. The fourth-order valence-electron chi connectivity index (χ4n) is 3.42. The van der Waals surface area contributed by atoms with E-state index in [0.717, 1.165) is 44.9 Å². The van der Waals surface area contributed by atoms with Gasteiger partial charge in [-0.15, -0.1) is 0 Å². The third-order valence-corrected chi connectivity index (χ3v) is 5.12. The predicted molar refractivity (Wildman–Crippen MR) is 113 cm³/mol. The summed E-state index contributed by atoms with van der Waals surface area (Å²) >= 11 is 0. The molecule has 0 bridgehead atoms. The van der Waals surface area contributed by atoms with Crippen LogP contribution in [0.5, 0.6) is 0 Å². The normalized spacial score (nSPS) is 13.2. The number of carboxylic acids is 1. The first-order valence-electron chi connectivity index (χ1n) is 11.6. The summed E-state index contributed by atoms with van der Waals surface area (Å²) in [4.78, 5) is 23.1. The second-order valence-corrected chi connectivity index (χ2v) is 8.03. The van der Waals surface area contributed by atoms with Gasteiger partial charge in [0.1, 0.15) is 6.10 Å². The highest BCUT2D eigenvalue weighted by atomic mass is 16.5. The quantitative estimate of drug-likeness (QED) is 0.193. The van der Waals surface area contributed by atoms with E-state index in [1.165, 1.54) is 38.5 Å². The van der Waals surface area contributed by atoms with Crippen molar-refractivity contribution in [1.29, 1.82) is 0 Å². The van der Waals surface area contributed by atoms with Crippen LogP contribution in [0.3, 0.4) is 0 Å². The van der Waals surface area contributed by atoms with E-state index in [1.807, 2.05) is 0 Å². The Morgan fingerprint density at radius 3 is 1.71 bits per heavy atom. The highest BCUT2D eigenvalue weighted by Crippen LogP contribution is 2.16. The van der Waals surface area contributed by atoms with E-state index in [4.69, 9.17) is 9.84 Å². The van der Waals surface area contributed by atoms with Crippen LogP contribution >= 0.6 is 0 Å². The Kier molecular flexibility index (Phi) is 18.5. The molecule has 0 saturated heterocycles. The van der Waals surface area contributed by atoms with Gasteiger partial charge in [0.05, 0.1) is 18.9 Å². The summed E-state index contributed by atoms with van der Waals surface area (Å²) in [5, 5.41) is 19.0. The predicted octanol–water partition coefficient (Wildman–Crippen LogP) is 6.02. The van der Waals surface area contributed by atoms with Gasteiger partial charge >= 0.3 is 11.9 Å². The van der Waals surface area contributed by atoms with Gasteiger partial charge in [-0.1, -0.05) is 90.9 Å². The van der Waals surface area contributed by atoms with Crippen molar-refractivity contribution in [3.63, 3.8) is 0 Å². The molecule has 0 amide bonds. The molecule has 0 aromatic carbocycles. The molecular weight excluding hydrogens is 356 g/mol. The van der Waals surface area contributed by atoms with Crippen LogP contribution in [0, 0.1) is 0 Å². The standard InChI is InChI=1S/C23H44O5/c1-3-5-7-9-10-11-12-13-15-17-21(19-22(25)26)28-23(27)18-20(24)16-14-8-6-4-2/h20-21,24H,3-19H2,1-2H3,(H,25,26). The molecular formula is C23H44O5. The molecule has 0 aliphatic carbocycles. The first-order chi connectivity index (χ1) is 13.5. The van der Waals surface area contributed by atoms with E-state index < -0.39 is 24.1 Å². The van der Waals surface area contributed by atoms with Crippen LogP contribution in [0.15, 0.2) is 0 Å². The molecule has 2 unspecified atom stereocenters. The van der Waals surface area contributed by atoms with Gasteiger partial charge in [-0.25, -0.2) is 0 Å². The van der Waals surface area contributed by atoms with E-state index >= 15 is 0 Å². The van der Waals surface area contributed by atoms with Gasteiger partial charge in [0.25, 0.3) is 0 Å². The number of aliphatic hydroxyl groups is 1. The number of unbranched alkanes of at least 4 members (excludes halogenated alkanes) is 11. The molecule has 0 saturated carbocycles. The van der Waals surface area contributed by atoms with Crippen molar-refractivity contribution in [2.24, 2.45) is 0 Å². The summed E-state index contributed by atoms with van der Waals surface area (Å²) in [6.07, 6.45) is 14.7. The minimum absolute atomic E-state index is 0.0417. The minimum atomic E-state index is -0.950. The Bertz CT molecular complexity index is 383. The Morgan fingerprint density at radius 1 is 0.714 bits per heavy atom. The first-order valence-corrected chi connectivity index (χ1v) is 11.6. The van der Waals surface area contributed by atoms with E-state index in [0.29, 0.717) is 12.8 Å². The molecule has 2 N–H and O–H groups in total. The van der Waals surface area contributed by atoms with Crippen LogP contribution < -0.4 is 0 Å². The van der Waals surface area contributed by atoms with Crippen LogP contribution in [0.1, 0.15) is 123 Å². The highest BCUT2D eigenvalue weighted by Gasteiger charge is 2.20. The molecule has 0 radical (unpaired) electrons. The van der Waals surface area contributed by atoms with Crippen molar-refractivity contribution in [1.82, 2.24) is 0 Å². The zero-order valence-electron chi connectivity index (χ0n) is 18.3. The topological polar surface area (TPSA) is 83.8 Å². The van der Waals surface area contributed by atoms with E-state index in [2.05, 4.69) is 13.8 Å². The van der Waals surface area contributed by atoms with E-state index in [1.54, 1.807) is 0 Å². The van der Waals surface area contributed by atoms with E-state index in [-0.39, 0.29) is 12.8 Å². The molecule has 0 rings (SSSR count). The number of hydrogen-bond acceptors (Lipinski definition) is 4. The van der Waals surface area contributed by atoms with Crippen LogP contribution in [0.25, 0.3) is 0 Å². The molecule has 0 aliphatic heterocycles. The van der Waals surface area contributed by atoms with Crippen molar-refractivity contribution < 1.29 is 24.5 Å². The number of carbonyl (C=O) groups is 2. The summed E-state index contributed by atoms with van der Waals surface area (Å²) < 4.78 is 5.35. The second kappa shape index (κ2) is 19.2. The van der Waals surface area contributed by atoms with Crippen molar-refractivity contribution in [2.75, 3.05) is 0 Å². The molecule has 0 aromatic rings. The van der Waals surface area contributed by atoms with Gasteiger partial charge in [-0.05, 0) is 19.3 Å². The third-order valence-electron chi connectivity index (χ3n) is 5.12. The molecule has 0 fully saturated rings. The monoisotopic (exact) mass is 400 g/mol. The number of aliphatic hydroxyl groups excluding tert-OH is 1. The molecule has 0 aliphatic rings. The number of aliphatic carboxylic acids is 1. The molecule has 5 heteroatoms. The largest absolute Gasteiger partial charge is 0.481 e. The fraction of sp³-hybridized carbons (Fsp3) is 0.913. The van der Waals surface area contributed by atoms with Crippen LogP contribution in [-0.2, 0) is 14.3 Å². The van der Waals surface area contributed by atoms with Gasteiger partial charge in [0.2, 0.25) is 0 Å². The Morgan fingerprint density at radius 2 is 1.18 bits per heavy atom. The average molecular weight is 401 g/mol. The maximum absolute atomic E-state index is 12.0. The highest BCUT2D eigenvalue weighted by molar-refractivity contribution is 5.71. The summed E-state index contributed by atoms with van der Waals surface area (Å²) in [6.45, 7) is 4.35. The fourth-order valence-corrected chi connectivity index (χ4v) is 3.42. The molecule has 5 nitrogen and oxygen atoms in total. The lowest BCUT2D eigenvalue weighted by Crippen LogP contribution is -2.24. The van der Waals surface area contributed by atoms with Gasteiger partial charge in [0.15, 0.2) is 0 Å². The number of ether oxygens (including phenoxy) is 1. The minimum Gasteiger partial charge on any atom is -0.481 e. The smallest absolute Gasteiger partial charge is 0.308 e. The maximum atomic E-state index is 12.0. The lowest BCUT2D eigenvalue weighted by atomic mass is 10.0. The third kappa shape index (κ3) is 18.3. The molecule has 28 heavy (non-hydrogen) atoms. The Hall–Kier alpha value is -1.10. The second-order valence-electron chi connectivity index (χ2n) is 8.03. The lowest BCUT2D eigenvalue weighted by molar-refractivity contribution is -0.155. The molecule has 2 atom stereocenters. The summed E-state index contributed by atoms with van der Waals surface area (Å²) in [5.74, 6) is -1.43. The molecule has 166 valence electrons. The first kappa shape index (κ1) is 26.9. The van der Waals surface area contributed by atoms with Gasteiger partial charge in [0, 0.05) is 0 Å². The summed E-state index contributed by atoms with van der Waals surface area (Å²) in [7, 11) is 0. The maximum Gasteiger partial charge on any atom is 0.308 e. The van der Waals surface area contributed by atoms with Crippen molar-refractivity contribution in [2.45, 2.75) is 135 Å². The van der Waals surface area contributed by atoms with Crippen LogP contribution in [0.4, 0.5) is 0 Å². The van der Waals surface area contributed by atoms with Crippen LogP contribution in [-0.4, -0.2) is 34.4 Å². The lowest BCUT2D eigenvalue weighted by Gasteiger charge is -2.17. The number of rotatable bonds is 20. The van der Waals surface area contributed by atoms with Gasteiger partial charge < -0.3 is 14.9 Å². The number of hydrogen-bond donors (Lipinski definition) is 2. The zero-order valence-corrected chi connectivity index (χ0v) is 18.3.